The predicted octanol–water partition coefficient (Wildman–Crippen LogP) is 5.75. The van der Waals surface area contributed by atoms with E-state index >= 15 is 0 Å². The number of fused-ring (bicyclic) bond motifs is 5. The summed E-state index contributed by atoms with van der Waals surface area (Å²) in [5, 5.41) is 17.4. The van der Waals surface area contributed by atoms with Crippen LogP contribution in [0.3, 0.4) is 0 Å². The monoisotopic (exact) mass is 396 g/mol. The fraction of sp³-hybridized carbons (Fsp3) is 0.0800. The van der Waals surface area contributed by atoms with E-state index in [9.17, 15) is 9.90 Å². The molecule has 0 aliphatic rings. The molecule has 5 rings (SSSR count). The Morgan fingerprint density at radius 3 is 2.63 bits per heavy atom. The third-order valence-corrected chi connectivity index (χ3v) is 5.52. The highest BCUT2D eigenvalue weighted by molar-refractivity contribution is 6.19. The topological polar surface area (TPSA) is 74.3 Å². The van der Waals surface area contributed by atoms with Crippen molar-refractivity contribution in [2.75, 3.05) is 12.4 Å². The molecule has 5 aromatic rings. The van der Waals surface area contributed by atoms with Gasteiger partial charge in [-0.3, -0.25) is 4.79 Å². The Labute approximate surface area is 172 Å². The van der Waals surface area contributed by atoms with Crippen LogP contribution in [0.1, 0.15) is 15.9 Å². The van der Waals surface area contributed by atoms with Gasteiger partial charge in [0.15, 0.2) is 0 Å². The quantitative estimate of drug-likeness (QED) is 0.363. The standard InChI is InChI=1S/C25H20N2O3/c1-14-11-17(30-2)8-10-20(14)27-25(29)16-12-15-7-9-19-18-5-3-4-6-21(18)26-24(19)23(15)22(28)13-16/h3-13,26,28H,1-2H3,(H,27,29). The highest BCUT2D eigenvalue weighted by Crippen LogP contribution is 2.36. The lowest BCUT2D eigenvalue weighted by Gasteiger charge is -2.11. The predicted molar refractivity (Wildman–Crippen MR) is 121 cm³/mol. The van der Waals surface area contributed by atoms with Gasteiger partial charge in [-0.15, -0.1) is 0 Å². The molecule has 4 aromatic carbocycles. The summed E-state index contributed by atoms with van der Waals surface area (Å²) in [5.41, 5.74) is 3.87. The summed E-state index contributed by atoms with van der Waals surface area (Å²) in [7, 11) is 1.61. The average Bonchev–Trinajstić information content (AvgIpc) is 3.13. The minimum absolute atomic E-state index is 0.0706. The van der Waals surface area contributed by atoms with Crippen molar-refractivity contribution in [3.63, 3.8) is 0 Å². The number of phenolic OH excluding ortho intramolecular Hbond substituents is 1. The molecule has 0 radical (unpaired) electrons. The number of methoxy groups -OCH3 is 1. The van der Waals surface area contributed by atoms with Crippen LogP contribution in [0, 0.1) is 6.92 Å². The van der Waals surface area contributed by atoms with Gasteiger partial charge in [0.05, 0.1) is 12.6 Å². The summed E-state index contributed by atoms with van der Waals surface area (Å²) in [6.07, 6.45) is 0. The zero-order valence-electron chi connectivity index (χ0n) is 16.6. The largest absolute Gasteiger partial charge is 0.507 e. The van der Waals surface area contributed by atoms with Crippen LogP contribution >= 0.6 is 0 Å². The Kier molecular flexibility index (Phi) is 4.10. The molecule has 30 heavy (non-hydrogen) atoms. The van der Waals surface area contributed by atoms with Crippen LogP contribution in [-0.4, -0.2) is 23.1 Å². The molecule has 0 spiro atoms. The number of aromatic amines is 1. The normalized spacial score (nSPS) is 11.3. The number of anilines is 1. The second-order valence-electron chi connectivity index (χ2n) is 7.39. The van der Waals surface area contributed by atoms with Crippen LogP contribution in [-0.2, 0) is 0 Å². The summed E-state index contributed by atoms with van der Waals surface area (Å²) < 4.78 is 5.21. The molecule has 0 fully saturated rings. The lowest BCUT2D eigenvalue weighted by molar-refractivity contribution is 0.102. The molecule has 0 saturated heterocycles. The number of para-hydroxylation sites is 1. The first-order valence-corrected chi connectivity index (χ1v) is 9.67. The van der Waals surface area contributed by atoms with Crippen molar-refractivity contribution in [1.29, 1.82) is 0 Å². The molecule has 1 aromatic heterocycles. The average molecular weight is 396 g/mol. The van der Waals surface area contributed by atoms with Gasteiger partial charge in [-0.1, -0.05) is 30.3 Å². The minimum atomic E-state index is -0.280. The first-order chi connectivity index (χ1) is 14.5. The summed E-state index contributed by atoms with van der Waals surface area (Å²) in [6.45, 7) is 1.91. The van der Waals surface area contributed by atoms with Crippen LogP contribution in [0.15, 0.2) is 66.7 Å². The summed E-state index contributed by atoms with van der Waals surface area (Å²) in [4.78, 5) is 16.3. The van der Waals surface area contributed by atoms with E-state index in [0.29, 0.717) is 16.6 Å². The number of aryl methyl sites for hydroxylation is 1. The summed E-state index contributed by atoms with van der Waals surface area (Å²) in [6, 6.07) is 20.8. The van der Waals surface area contributed by atoms with Crippen LogP contribution < -0.4 is 10.1 Å². The molecule has 0 aliphatic heterocycles. The van der Waals surface area contributed by atoms with Gasteiger partial charge in [-0.05, 0) is 54.3 Å². The number of H-pyrrole nitrogens is 1. The fourth-order valence-electron chi connectivity index (χ4n) is 3.99. The summed E-state index contributed by atoms with van der Waals surface area (Å²) >= 11 is 0. The van der Waals surface area contributed by atoms with Crippen molar-refractivity contribution in [1.82, 2.24) is 4.98 Å². The van der Waals surface area contributed by atoms with Crippen LogP contribution in [0.5, 0.6) is 11.5 Å². The highest BCUT2D eigenvalue weighted by atomic mass is 16.5. The first kappa shape index (κ1) is 18.1. The van der Waals surface area contributed by atoms with Crippen molar-refractivity contribution < 1.29 is 14.6 Å². The molecule has 1 amide bonds. The second-order valence-corrected chi connectivity index (χ2v) is 7.39. The number of carbonyl (C=O) groups is 1. The number of amides is 1. The molecule has 148 valence electrons. The number of aromatic hydroxyl groups is 1. The lowest BCUT2D eigenvalue weighted by atomic mass is 10.0. The Bertz CT molecular complexity index is 1450. The molecule has 0 unspecified atom stereocenters. The molecular formula is C25H20N2O3. The van der Waals surface area contributed by atoms with Gasteiger partial charge in [0, 0.05) is 32.9 Å². The second kappa shape index (κ2) is 6.81. The van der Waals surface area contributed by atoms with Crippen molar-refractivity contribution in [2.24, 2.45) is 0 Å². The fourth-order valence-corrected chi connectivity index (χ4v) is 3.99. The molecule has 3 N–H and O–H groups in total. The van der Waals surface area contributed by atoms with E-state index in [-0.39, 0.29) is 11.7 Å². The number of nitrogens with one attached hydrogen (secondary N) is 2. The molecule has 5 heteroatoms. The highest BCUT2D eigenvalue weighted by Gasteiger charge is 2.15. The number of hydrogen-bond acceptors (Lipinski definition) is 3. The van der Waals surface area contributed by atoms with E-state index in [1.54, 1.807) is 25.3 Å². The Balaban J connectivity index is 1.58. The van der Waals surface area contributed by atoms with Gasteiger partial charge in [0.2, 0.25) is 0 Å². The van der Waals surface area contributed by atoms with Crippen molar-refractivity contribution in [3.05, 3.63) is 77.9 Å². The van der Waals surface area contributed by atoms with Gasteiger partial charge in [0.1, 0.15) is 11.5 Å². The van der Waals surface area contributed by atoms with Crippen LogP contribution in [0.25, 0.3) is 32.6 Å². The minimum Gasteiger partial charge on any atom is -0.507 e. The van der Waals surface area contributed by atoms with E-state index in [1.165, 1.54) is 6.07 Å². The van der Waals surface area contributed by atoms with Crippen molar-refractivity contribution in [2.45, 2.75) is 6.92 Å². The molecule has 1 heterocycles. The number of hydrogen-bond donors (Lipinski definition) is 3. The zero-order valence-corrected chi connectivity index (χ0v) is 16.6. The molecule has 0 bridgehead atoms. The Hall–Kier alpha value is -3.99. The maximum atomic E-state index is 12.9. The molecule has 0 aliphatic carbocycles. The maximum Gasteiger partial charge on any atom is 0.255 e. The third kappa shape index (κ3) is 2.83. The Morgan fingerprint density at radius 1 is 1.00 bits per heavy atom. The SMILES string of the molecule is COc1ccc(NC(=O)c2cc(O)c3c(ccc4c5ccccc5[nH]c43)c2)c(C)c1. The van der Waals surface area contributed by atoms with E-state index in [2.05, 4.69) is 16.4 Å². The Morgan fingerprint density at radius 2 is 1.83 bits per heavy atom. The molecule has 5 nitrogen and oxygen atoms in total. The van der Waals surface area contributed by atoms with Gasteiger partial charge in [-0.25, -0.2) is 0 Å². The first-order valence-electron chi connectivity index (χ1n) is 9.67. The number of phenols is 1. The van der Waals surface area contributed by atoms with E-state index in [1.807, 2.05) is 43.3 Å². The lowest BCUT2D eigenvalue weighted by Crippen LogP contribution is -2.12. The maximum absolute atomic E-state index is 12.9. The number of carbonyl (C=O) groups excluding carboxylic acids is 1. The third-order valence-electron chi connectivity index (χ3n) is 5.52. The van der Waals surface area contributed by atoms with E-state index in [0.717, 1.165) is 38.5 Å². The summed E-state index contributed by atoms with van der Waals surface area (Å²) in [5.74, 6) is 0.523. The van der Waals surface area contributed by atoms with E-state index < -0.39 is 0 Å². The molecule has 0 atom stereocenters. The number of ether oxygens (including phenoxy) is 1. The molecular weight excluding hydrogens is 376 g/mol. The van der Waals surface area contributed by atoms with Gasteiger partial charge >= 0.3 is 0 Å². The number of benzene rings is 4. The molecule has 0 saturated carbocycles. The number of rotatable bonds is 3. The van der Waals surface area contributed by atoms with Gasteiger partial charge in [-0.2, -0.15) is 0 Å². The van der Waals surface area contributed by atoms with Crippen LogP contribution in [0.4, 0.5) is 5.69 Å². The zero-order chi connectivity index (χ0) is 20.8. The van der Waals surface area contributed by atoms with Gasteiger partial charge < -0.3 is 20.1 Å². The van der Waals surface area contributed by atoms with Crippen molar-refractivity contribution in [3.8, 4) is 11.5 Å². The number of aromatic nitrogens is 1. The van der Waals surface area contributed by atoms with E-state index in [4.69, 9.17) is 4.74 Å². The van der Waals surface area contributed by atoms with Crippen molar-refractivity contribution >= 4 is 44.2 Å². The smallest absolute Gasteiger partial charge is 0.255 e. The van der Waals surface area contributed by atoms with Crippen LogP contribution in [0.2, 0.25) is 0 Å². The van der Waals surface area contributed by atoms with Gasteiger partial charge in [0.25, 0.3) is 5.91 Å².